The van der Waals surface area contributed by atoms with Crippen molar-refractivity contribution in [3.8, 4) is 0 Å². The number of nitrogens with zero attached hydrogens (tertiary/aromatic N) is 4. The summed E-state index contributed by atoms with van der Waals surface area (Å²) in [6.45, 7) is 6.37. The van der Waals surface area contributed by atoms with E-state index in [0.717, 1.165) is 64.3 Å². The lowest BCUT2D eigenvalue weighted by Crippen LogP contribution is -2.51. The maximum atomic E-state index is 12.9. The van der Waals surface area contributed by atoms with Gasteiger partial charge in [-0.1, -0.05) is 24.3 Å². The Hall–Kier alpha value is -2.40. The smallest absolute Gasteiger partial charge is 0.225 e. The molecule has 0 unspecified atom stereocenters. The van der Waals surface area contributed by atoms with E-state index in [4.69, 9.17) is 0 Å². The minimum Gasteiger partial charge on any atom is -0.368 e. The Kier molecular flexibility index (Phi) is 5.68. The molecule has 27 heavy (non-hydrogen) atoms. The molecule has 1 aromatic carbocycles. The largest absolute Gasteiger partial charge is 0.368 e. The van der Waals surface area contributed by atoms with Crippen LogP contribution >= 0.6 is 0 Å². The molecule has 2 saturated heterocycles. The Morgan fingerprint density at radius 2 is 1.59 bits per heavy atom. The lowest BCUT2D eigenvalue weighted by atomic mass is 9.95. The summed E-state index contributed by atoms with van der Waals surface area (Å²) in [5.41, 5.74) is 2.37. The molecule has 142 valence electrons. The van der Waals surface area contributed by atoms with Crippen molar-refractivity contribution in [2.24, 2.45) is 5.92 Å². The number of rotatable bonds is 4. The van der Waals surface area contributed by atoms with Gasteiger partial charge in [0.25, 0.3) is 0 Å². The zero-order valence-corrected chi connectivity index (χ0v) is 15.8. The number of benzene rings is 1. The molecule has 2 aliphatic heterocycles. The van der Waals surface area contributed by atoms with Gasteiger partial charge in [0.2, 0.25) is 5.91 Å². The van der Waals surface area contributed by atoms with Crippen LogP contribution in [-0.4, -0.2) is 60.0 Å². The third-order valence-electron chi connectivity index (χ3n) is 5.76. The molecule has 2 aliphatic rings. The number of aromatic nitrogens is 1. The van der Waals surface area contributed by atoms with E-state index in [9.17, 15) is 4.79 Å². The minimum atomic E-state index is 0.188. The zero-order chi connectivity index (χ0) is 18.5. The van der Waals surface area contributed by atoms with Gasteiger partial charge in [0, 0.05) is 50.5 Å². The third kappa shape index (κ3) is 4.48. The van der Waals surface area contributed by atoms with E-state index in [-0.39, 0.29) is 5.92 Å². The van der Waals surface area contributed by atoms with Crippen molar-refractivity contribution >= 4 is 11.6 Å². The molecule has 5 heteroatoms. The van der Waals surface area contributed by atoms with Gasteiger partial charge in [-0.05, 0) is 50.2 Å². The molecule has 0 N–H and O–H groups in total. The van der Waals surface area contributed by atoms with Gasteiger partial charge in [-0.3, -0.25) is 14.7 Å². The average Bonchev–Trinajstić information content (AvgIpc) is 2.75. The number of para-hydroxylation sites is 1. The SMILES string of the molecule is O=C(C1CCN(Cc2ccccn2)CC1)N1CCN(c2ccccc2)CC1. The van der Waals surface area contributed by atoms with E-state index < -0.39 is 0 Å². The fraction of sp³-hybridized carbons (Fsp3) is 0.455. The van der Waals surface area contributed by atoms with Crippen LogP contribution in [0.25, 0.3) is 0 Å². The molecule has 1 aromatic heterocycles. The monoisotopic (exact) mass is 364 g/mol. The number of hydrogen-bond acceptors (Lipinski definition) is 4. The Labute approximate surface area is 161 Å². The van der Waals surface area contributed by atoms with Crippen molar-refractivity contribution in [1.29, 1.82) is 0 Å². The first-order chi connectivity index (χ1) is 13.3. The molecule has 5 nitrogen and oxygen atoms in total. The highest BCUT2D eigenvalue weighted by Crippen LogP contribution is 2.22. The molecular formula is C22H28N4O. The molecule has 4 rings (SSSR count). The second-order valence-electron chi connectivity index (χ2n) is 7.52. The van der Waals surface area contributed by atoms with Gasteiger partial charge in [-0.25, -0.2) is 0 Å². The number of amides is 1. The van der Waals surface area contributed by atoms with Crippen molar-refractivity contribution in [2.45, 2.75) is 19.4 Å². The summed E-state index contributed by atoms with van der Waals surface area (Å²) in [5.74, 6) is 0.549. The fourth-order valence-electron chi connectivity index (χ4n) is 4.14. The zero-order valence-electron chi connectivity index (χ0n) is 15.8. The molecule has 2 fully saturated rings. The van der Waals surface area contributed by atoms with Crippen molar-refractivity contribution in [3.63, 3.8) is 0 Å². The molecule has 0 radical (unpaired) electrons. The first-order valence-electron chi connectivity index (χ1n) is 10.0. The maximum absolute atomic E-state index is 12.9. The normalized spacial score (nSPS) is 19.3. The molecule has 0 saturated carbocycles. The Morgan fingerprint density at radius 1 is 0.889 bits per heavy atom. The third-order valence-corrected chi connectivity index (χ3v) is 5.76. The van der Waals surface area contributed by atoms with E-state index in [0.29, 0.717) is 5.91 Å². The van der Waals surface area contributed by atoms with E-state index in [2.05, 4.69) is 50.0 Å². The predicted octanol–water partition coefficient (Wildman–Crippen LogP) is 2.64. The highest BCUT2D eigenvalue weighted by atomic mass is 16.2. The van der Waals surface area contributed by atoms with Crippen LogP contribution in [-0.2, 0) is 11.3 Å². The topological polar surface area (TPSA) is 39.7 Å². The van der Waals surface area contributed by atoms with Crippen LogP contribution < -0.4 is 4.90 Å². The quantitative estimate of drug-likeness (QED) is 0.836. The van der Waals surface area contributed by atoms with Crippen LogP contribution in [0.5, 0.6) is 0 Å². The molecule has 2 aromatic rings. The van der Waals surface area contributed by atoms with Gasteiger partial charge < -0.3 is 9.80 Å². The molecule has 1 amide bonds. The van der Waals surface area contributed by atoms with Crippen LogP contribution in [0.3, 0.4) is 0 Å². The summed E-state index contributed by atoms with van der Waals surface area (Å²) in [4.78, 5) is 24.2. The minimum absolute atomic E-state index is 0.188. The summed E-state index contributed by atoms with van der Waals surface area (Å²) < 4.78 is 0. The van der Waals surface area contributed by atoms with Crippen molar-refractivity contribution in [3.05, 3.63) is 60.4 Å². The second-order valence-corrected chi connectivity index (χ2v) is 7.52. The van der Waals surface area contributed by atoms with E-state index in [1.807, 2.05) is 24.4 Å². The number of pyridine rings is 1. The molecule has 0 atom stereocenters. The first kappa shape index (κ1) is 18.0. The summed E-state index contributed by atoms with van der Waals surface area (Å²) in [6, 6.07) is 16.5. The number of piperazine rings is 1. The van der Waals surface area contributed by atoms with Gasteiger partial charge in [0.1, 0.15) is 0 Å². The molecule has 0 bridgehead atoms. The van der Waals surface area contributed by atoms with Crippen molar-refractivity contribution < 1.29 is 4.79 Å². The van der Waals surface area contributed by atoms with Crippen LogP contribution in [0.15, 0.2) is 54.7 Å². The number of hydrogen-bond donors (Lipinski definition) is 0. The average molecular weight is 364 g/mol. The van der Waals surface area contributed by atoms with E-state index in [1.165, 1.54) is 5.69 Å². The summed E-state index contributed by atoms with van der Waals surface area (Å²) >= 11 is 0. The lowest BCUT2D eigenvalue weighted by molar-refractivity contribution is -0.137. The lowest BCUT2D eigenvalue weighted by Gasteiger charge is -2.39. The summed E-state index contributed by atoms with van der Waals surface area (Å²) in [5, 5.41) is 0. The molecule has 0 aliphatic carbocycles. The standard InChI is InChI=1S/C22H28N4O/c27-22(26-16-14-25(15-17-26)21-7-2-1-3-8-21)19-9-12-24(13-10-19)18-20-6-4-5-11-23-20/h1-8,11,19H,9-10,12-18H2. The fourth-order valence-corrected chi connectivity index (χ4v) is 4.14. The summed E-state index contributed by atoms with van der Waals surface area (Å²) in [6.07, 6.45) is 3.77. The predicted molar refractivity (Wildman–Crippen MR) is 107 cm³/mol. The van der Waals surface area contributed by atoms with E-state index >= 15 is 0 Å². The van der Waals surface area contributed by atoms with Crippen LogP contribution in [0.2, 0.25) is 0 Å². The maximum Gasteiger partial charge on any atom is 0.225 e. The Morgan fingerprint density at radius 3 is 2.26 bits per heavy atom. The summed E-state index contributed by atoms with van der Waals surface area (Å²) in [7, 11) is 0. The van der Waals surface area contributed by atoms with Gasteiger partial charge in [0.15, 0.2) is 0 Å². The highest BCUT2D eigenvalue weighted by Gasteiger charge is 2.30. The van der Waals surface area contributed by atoms with Crippen molar-refractivity contribution in [1.82, 2.24) is 14.8 Å². The molecule has 0 spiro atoms. The number of carbonyl (C=O) groups is 1. The van der Waals surface area contributed by atoms with Gasteiger partial charge in [-0.15, -0.1) is 0 Å². The first-order valence-corrected chi connectivity index (χ1v) is 10.0. The van der Waals surface area contributed by atoms with Crippen molar-refractivity contribution in [2.75, 3.05) is 44.2 Å². The van der Waals surface area contributed by atoms with Gasteiger partial charge in [0.05, 0.1) is 5.69 Å². The number of piperidine rings is 1. The van der Waals surface area contributed by atoms with Gasteiger partial charge >= 0.3 is 0 Å². The van der Waals surface area contributed by atoms with E-state index in [1.54, 1.807) is 0 Å². The van der Waals surface area contributed by atoms with Gasteiger partial charge in [-0.2, -0.15) is 0 Å². The number of anilines is 1. The number of likely N-dealkylation sites (tertiary alicyclic amines) is 1. The highest BCUT2D eigenvalue weighted by molar-refractivity contribution is 5.79. The Bertz CT molecular complexity index is 720. The number of carbonyl (C=O) groups excluding carboxylic acids is 1. The molecule has 3 heterocycles. The van der Waals surface area contributed by atoms with Crippen LogP contribution in [0.1, 0.15) is 18.5 Å². The van der Waals surface area contributed by atoms with Crippen LogP contribution in [0, 0.1) is 5.92 Å². The van der Waals surface area contributed by atoms with Crippen LogP contribution in [0.4, 0.5) is 5.69 Å². The Balaban J connectivity index is 1.24. The second kappa shape index (κ2) is 8.53. The molecular weight excluding hydrogens is 336 g/mol.